The van der Waals surface area contributed by atoms with E-state index in [1.807, 2.05) is 51.2 Å². The van der Waals surface area contributed by atoms with Crippen molar-refractivity contribution in [3.8, 4) is 0 Å². The van der Waals surface area contributed by atoms with E-state index in [0.29, 0.717) is 18.8 Å². The fourth-order valence-corrected chi connectivity index (χ4v) is 2.17. The van der Waals surface area contributed by atoms with Gasteiger partial charge >= 0.3 is 0 Å². The molecule has 0 aliphatic rings. The van der Waals surface area contributed by atoms with Gasteiger partial charge in [0, 0.05) is 25.5 Å². The molecular weight excluding hydrogens is 238 g/mol. The maximum absolute atomic E-state index is 12.4. The lowest BCUT2D eigenvalue weighted by Crippen LogP contribution is -2.31. The van der Waals surface area contributed by atoms with Crippen LogP contribution in [0.3, 0.4) is 0 Å². The van der Waals surface area contributed by atoms with Gasteiger partial charge in [0.15, 0.2) is 0 Å². The molecule has 0 atom stereocenters. The maximum atomic E-state index is 12.4. The van der Waals surface area contributed by atoms with Crippen molar-refractivity contribution < 1.29 is 4.79 Å². The van der Waals surface area contributed by atoms with E-state index in [0.717, 1.165) is 16.6 Å². The average Bonchev–Trinajstić information content (AvgIpc) is 2.47. The largest absolute Gasteiger partial charge is 0.373 e. The summed E-state index contributed by atoms with van der Waals surface area (Å²) in [6, 6.07) is 9.79. The Kier molecular flexibility index (Phi) is 4.00. The number of fused-ring (bicyclic) bond motifs is 1. The van der Waals surface area contributed by atoms with Crippen LogP contribution in [0.15, 0.2) is 30.3 Å². The van der Waals surface area contributed by atoms with Crippen LogP contribution in [0.1, 0.15) is 24.3 Å². The van der Waals surface area contributed by atoms with Crippen molar-refractivity contribution in [2.75, 3.05) is 25.5 Å². The fraction of sp³-hybridized carbons (Fsp3) is 0.333. The molecule has 2 rings (SSSR count). The van der Waals surface area contributed by atoms with Crippen molar-refractivity contribution >= 4 is 22.5 Å². The Hall–Kier alpha value is -2.10. The Morgan fingerprint density at radius 2 is 1.95 bits per heavy atom. The smallest absolute Gasteiger partial charge is 0.272 e. The molecule has 0 saturated heterocycles. The standard InChI is InChI=1S/C15H19N3O/c1-4-18(5-2)15(19)13-10-11-8-6-7-9-12(11)14(16-3)17-13/h6-10H,4-5H2,1-3H3,(H,16,17). The van der Waals surface area contributed by atoms with Crippen LogP contribution in [0.25, 0.3) is 10.8 Å². The fourth-order valence-electron chi connectivity index (χ4n) is 2.17. The number of hydrogen-bond donors (Lipinski definition) is 1. The lowest BCUT2D eigenvalue weighted by atomic mass is 10.1. The number of carbonyl (C=O) groups excluding carboxylic acids is 1. The van der Waals surface area contributed by atoms with E-state index in [1.165, 1.54) is 0 Å². The molecule has 0 fully saturated rings. The molecule has 0 aliphatic carbocycles. The van der Waals surface area contributed by atoms with Crippen molar-refractivity contribution in [3.05, 3.63) is 36.0 Å². The van der Waals surface area contributed by atoms with Gasteiger partial charge in [-0.3, -0.25) is 4.79 Å². The van der Waals surface area contributed by atoms with Crippen LogP contribution in [-0.4, -0.2) is 35.9 Å². The molecule has 0 bridgehead atoms. The second-order valence-electron chi connectivity index (χ2n) is 4.30. The zero-order valence-electron chi connectivity index (χ0n) is 11.6. The van der Waals surface area contributed by atoms with Crippen molar-refractivity contribution in [3.63, 3.8) is 0 Å². The summed E-state index contributed by atoms with van der Waals surface area (Å²) in [5, 5.41) is 5.11. The second-order valence-corrected chi connectivity index (χ2v) is 4.30. The lowest BCUT2D eigenvalue weighted by Gasteiger charge is -2.18. The minimum absolute atomic E-state index is 0.0211. The third kappa shape index (κ3) is 2.52. The van der Waals surface area contributed by atoms with Crippen LogP contribution in [0, 0.1) is 0 Å². The van der Waals surface area contributed by atoms with Crippen LogP contribution < -0.4 is 5.32 Å². The summed E-state index contributed by atoms with van der Waals surface area (Å²) in [6.45, 7) is 5.33. The number of nitrogens with zero attached hydrogens (tertiary/aromatic N) is 2. The molecule has 0 radical (unpaired) electrons. The van der Waals surface area contributed by atoms with Gasteiger partial charge in [0.1, 0.15) is 11.5 Å². The van der Waals surface area contributed by atoms with Gasteiger partial charge in [-0.1, -0.05) is 24.3 Å². The zero-order chi connectivity index (χ0) is 13.8. The number of aromatic nitrogens is 1. The summed E-state index contributed by atoms with van der Waals surface area (Å²) in [7, 11) is 1.82. The number of rotatable bonds is 4. The van der Waals surface area contributed by atoms with Crippen LogP contribution in [0.4, 0.5) is 5.82 Å². The second kappa shape index (κ2) is 5.69. The number of pyridine rings is 1. The normalized spacial score (nSPS) is 10.5. The molecule has 1 aromatic heterocycles. The van der Waals surface area contributed by atoms with Gasteiger partial charge in [0.25, 0.3) is 5.91 Å². The number of benzene rings is 1. The van der Waals surface area contributed by atoms with Crippen LogP contribution in [0.5, 0.6) is 0 Å². The molecule has 0 aliphatic heterocycles. The topological polar surface area (TPSA) is 45.2 Å². The summed E-state index contributed by atoms with van der Waals surface area (Å²) in [5.74, 6) is 0.723. The van der Waals surface area contributed by atoms with E-state index in [2.05, 4.69) is 10.3 Å². The number of anilines is 1. The molecule has 1 amide bonds. The lowest BCUT2D eigenvalue weighted by molar-refractivity contribution is 0.0767. The molecule has 1 heterocycles. The molecule has 100 valence electrons. The molecule has 1 N–H and O–H groups in total. The highest BCUT2D eigenvalue weighted by Crippen LogP contribution is 2.22. The van der Waals surface area contributed by atoms with E-state index in [9.17, 15) is 4.79 Å². The Morgan fingerprint density at radius 1 is 1.26 bits per heavy atom. The molecule has 19 heavy (non-hydrogen) atoms. The molecule has 4 nitrogen and oxygen atoms in total. The molecule has 0 unspecified atom stereocenters. The van der Waals surface area contributed by atoms with E-state index < -0.39 is 0 Å². The quantitative estimate of drug-likeness (QED) is 0.916. The summed E-state index contributed by atoms with van der Waals surface area (Å²) in [5.41, 5.74) is 0.492. The average molecular weight is 257 g/mol. The Bertz CT molecular complexity index is 591. The first-order chi connectivity index (χ1) is 9.21. The third-order valence-electron chi connectivity index (χ3n) is 3.25. The van der Waals surface area contributed by atoms with Crippen molar-refractivity contribution in [1.29, 1.82) is 0 Å². The van der Waals surface area contributed by atoms with Crippen LogP contribution >= 0.6 is 0 Å². The molecule has 1 aromatic carbocycles. The van der Waals surface area contributed by atoms with Gasteiger partial charge in [-0.15, -0.1) is 0 Å². The predicted octanol–water partition coefficient (Wildman–Crippen LogP) is 2.76. The minimum Gasteiger partial charge on any atom is -0.373 e. The first kappa shape index (κ1) is 13.3. The van der Waals surface area contributed by atoms with Gasteiger partial charge in [0.05, 0.1) is 0 Å². The first-order valence-electron chi connectivity index (χ1n) is 6.58. The Morgan fingerprint density at radius 3 is 2.58 bits per heavy atom. The van der Waals surface area contributed by atoms with E-state index in [4.69, 9.17) is 0 Å². The van der Waals surface area contributed by atoms with Crippen LogP contribution in [0.2, 0.25) is 0 Å². The monoisotopic (exact) mass is 257 g/mol. The molecular formula is C15H19N3O. The summed E-state index contributed by atoms with van der Waals surface area (Å²) >= 11 is 0. The predicted molar refractivity (Wildman–Crippen MR) is 78.5 cm³/mol. The van der Waals surface area contributed by atoms with E-state index in [-0.39, 0.29) is 5.91 Å². The van der Waals surface area contributed by atoms with Gasteiger partial charge < -0.3 is 10.2 Å². The SMILES string of the molecule is CCN(CC)C(=O)c1cc2ccccc2c(NC)n1. The van der Waals surface area contributed by atoms with Gasteiger partial charge in [-0.05, 0) is 25.3 Å². The molecule has 0 spiro atoms. The molecule has 0 saturated carbocycles. The summed E-state index contributed by atoms with van der Waals surface area (Å²) in [4.78, 5) is 18.6. The van der Waals surface area contributed by atoms with Crippen molar-refractivity contribution in [2.45, 2.75) is 13.8 Å². The summed E-state index contributed by atoms with van der Waals surface area (Å²) in [6.07, 6.45) is 0. The van der Waals surface area contributed by atoms with Gasteiger partial charge in [-0.2, -0.15) is 0 Å². The van der Waals surface area contributed by atoms with Crippen LogP contribution in [-0.2, 0) is 0 Å². The Balaban J connectivity index is 2.53. The number of nitrogens with one attached hydrogen (secondary N) is 1. The Labute approximate surface area is 113 Å². The van der Waals surface area contributed by atoms with Gasteiger partial charge in [-0.25, -0.2) is 4.98 Å². The van der Waals surface area contributed by atoms with E-state index in [1.54, 1.807) is 4.90 Å². The molecule has 4 heteroatoms. The highest BCUT2D eigenvalue weighted by Gasteiger charge is 2.16. The van der Waals surface area contributed by atoms with Crippen molar-refractivity contribution in [2.24, 2.45) is 0 Å². The minimum atomic E-state index is -0.0211. The summed E-state index contributed by atoms with van der Waals surface area (Å²) < 4.78 is 0. The number of amides is 1. The van der Waals surface area contributed by atoms with Crippen molar-refractivity contribution in [1.82, 2.24) is 9.88 Å². The highest BCUT2D eigenvalue weighted by atomic mass is 16.2. The van der Waals surface area contributed by atoms with E-state index >= 15 is 0 Å². The van der Waals surface area contributed by atoms with Gasteiger partial charge in [0.2, 0.25) is 0 Å². The third-order valence-corrected chi connectivity index (χ3v) is 3.25. The highest BCUT2D eigenvalue weighted by molar-refractivity contribution is 6.00. The number of hydrogen-bond acceptors (Lipinski definition) is 3. The zero-order valence-corrected chi connectivity index (χ0v) is 11.6. The molecule has 2 aromatic rings. The first-order valence-corrected chi connectivity index (χ1v) is 6.58. The maximum Gasteiger partial charge on any atom is 0.272 e. The number of carbonyl (C=O) groups is 1.